The van der Waals surface area contributed by atoms with Crippen molar-refractivity contribution in [2.45, 2.75) is 90.0 Å². The third-order valence-electron chi connectivity index (χ3n) is 5.34. The largest absolute Gasteiger partial charge is 0.375 e. The van der Waals surface area contributed by atoms with Gasteiger partial charge in [-0.2, -0.15) is 0 Å². The van der Waals surface area contributed by atoms with Gasteiger partial charge >= 0.3 is 0 Å². The second kappa shape index (κ2) is 11.3. The van der Waals surface area contributed by atoms with E-state index in [1.54, 1.807) is 0 Å². The lowest BCUT2D eigenvalue weighted by Gasteiger charge is -2.30. The molecule has 2 nitrogen and oxygen atoms in total. The number of ketones is 1. The maximum atomic E-state index is 12.9. The zero-order chi connectivity index (χ0) is 17.0. The molecule has 0 bridgehead atoms. The van der Waals surface area contributed by atoms with Crippen molar-refractivity contribution in [3.8, 4) is 0 Å². The number of rotatable bonds is 11. The normalized spacial score (nSPS) is 16.7. The average Bonchev–Trinajstić information content (AvgIpc) is 2.64. The highest BCUT2D eigenvalue weighted by Gasteiger charge is 2.28. The highest BCUT2D eigenvalue weighted by Crippen LogP contribution is 2.29. The van der Waals surface area contributed by atoms with E-state index >= 15 is 0 Å². The van der Waals surface area contributed by atoms with Gasteiger partial charge in [-0.3, -0.25) is 4.79 Å². The molecule has 0 amide bonds. The highest BCUT2D eigenvalue weighted by atomic mass is 16.1. The number of hydrogen-bond donors (Lipinski definition) is 1. The molecule has 1 aliphatic rings. The number of hydrogen-bond acceptors (Lipinski definition) is 2. The molecular formula is C22H35NO. The van der Waals surface area contributed by atoms with Crippen LogP contribution >= 0.6 is 0 Å². The van der Waals surface area contributed by atoms with Crippen molar-refractivity contribution in [1.82, 2.24) is 0 Å². The van der Waals surface area contributed by atoms with Gasteiger partial charge < -0.3 is 5.32 Å². The lowest BCUT2D eigenvalue weighted by Crippen LogP contribution is -2.38. The van der Waals surface area contributed by atoms with Crippen molar-refractivity contribution < 1.29 is 4.79 Å². The second-order valence-electron chi connectivity index (χ2n) is 7.37. The third kappa shape index (κ3) is 6.67. The Morgan fingerprint density at radius 3 is 2.38 bits per heavy atom. The molecule has 0 radical (unpaired) electrons. The van der Waals surface area contributed by atoms with Crippen LogP contribution in [0.3, 0.4) is 0 Å². The summed E-state index contributed by atoms with van der Waals surface area (Å²) in [4.78, 5) is 12.9. The Balaban J connectivity index is 1.85. The lowest BCUT2D eigenvalue weighted by molar-refractivity contribution is -0.121. The topological polar surface area (TPSA) is 29.1 Å². The van der Waals surface area contributed by atoms with Crippen LogP contribution in [-0.2, 0) is 4.79 Å². The summed E-state index contributed by atoms with van der Waals surface area (Å²) in [5.41, 5.74) is 1.09. The van der Waals surface area contributed by atoms with E-state index in [1.807, 2.05) is 18.2 Å². The van der Waals surface area contributed by atoms with Gasteiger partial charge in [-0.25, -0.2) is 0 Å². The van der Waals surface area contributed by atoms with Gasteiger partial charge in [-0.15, -0.1) is 0 Å². The van der Waals surface area contributed by atoms with Crippen LogP contribution in [0.1, 0.15) is 84.0 Å². The molecule has 1 aliphatic carbocycles. The predicted molar refractivity (Wildman–Crippen MR) is 103 cm³/mol. The van der Waals surface area contributed by atoms with E-state index in [0.29, 0.717) is 11.7 Å². The van der Waals surface area contributed by atoms with Gasteiger partial charge in [0.25, 0.3) is 0 Å². The van der Waals surface area contributed by atoms with Gasteiger partial charge in [-0.05, 0) is 37.3 Å². The summed E-state index contributed by atoms with van der Waals surface area (Å²) in [5, 5.41) is 3.56. The van der Waals surface area contributed by atoms with Crippen molar-refractivity contribution in [2.75, 3.05) is 5.32 Å². The Morgan fingerprint density at radius 1 is 1.00 bits per heavy atom. The maximum Gasteiger partial charge on any atom is 0.155 e. The van der Waals surface area contributed by atoms with Crippen LogP contribution in [0.2, 0.25) is 0 Å². The monoisotopic (exact) mass is 329 g/mol. The molecule has 1 unspecified atom stereocenters. The van der Waals surface area contributed by atoms with Crippen molar-refractivity contribution in [1.29, 1.82) is 0 Å². The fourth-order valence-corrected chi connectivity index (χ4v) is 3.88. The number of carbonyl (C=O) groups is 1. The Morgan fingerprint density at radius 2 is 1.67 bits per heavy atom. The Kier molecular flexibility index (Phi) is 8.94. The fourth-order valence-electron chi connectivity index (χ4n) is 3.88. The lowest BCUT2D eigenvalue weighted by atomic mass is 9.81. The smallest absolute Gasteiger partial charge is 0.155 e. The summed E-state index contributed by atoms with van der Waals surface area (Å²) in [6.45, 7) is 2.24. The van der Waals surface area contributed by atoms with Gasteiger partial charge in [-0.1, -0.05) is 76.5 Å². The predicted octanol–water partition coefficient (Wildman–Crippen LogP) is 6.37. The number of anilines is 1. The molecule has 1 fully saturated rings. The summed E-state index contributed by atoms with van der Waals surface area (Å²) >= 11 is 0. The first kappa shape index (κ1) is 19.0. The summed E-state index contributed by atoms with van der Waals surface area (Å²) in [7, 11) is 0. The summed E-state index contributed by atoms with van der Waals surface area (Å²) in [5.74, 6) is 0.952. The van der Waals surface area contributed by atoms with Crippen molar-refractivity contribution in [3.05, 3.63) is 30.3 Å². The van der Waals surface area contributed by atoms with Crippen molar-refractivity contribution in [2.24, 2.45) is 5.92 Å². The zero-order valence-corrected chi connectivity index (χ0v) is 15.4. The molecule has 0 heterocycles. The number of nitrogens with one attached hydrogen (secondary N) is 1. The van der Waals surface area contributed by atoms with E-state index in [0.717, 1.165) is 18.5 Å². The van der Waals surface area contributed by atoms with Crippen LogP contribution < -0.4 is 5.32 Å². The summed E-state index contributed by atoms with van der Waals surface area (Å²) in [6.07, 6.45) is 14.5. The molecule has 1 aromatic rings. The molecule has 1 saturated carbocycles. The Hall–Kier alpha value is -1.31. The molecule has 0 aromatic heterocycles. The van der Waals surface area contributed by atoms with Crippen LogP contribution in [0.4, 0.5) is 5.69 Å². The first-order chi connectivity index (χ1) is 11.8. The Labute approximate surface area is 148 Å². The first-order valence-electron chi connectivity index (χ1n) is 10.2. The maximum absolute atomic E-state index is 12.9. The number of Topliss-reactive ketones (excluding diaryl/α,β-unsaturated/α-hetero) is 1. The van der Waals surface area contributed by atoms with Gasteiger partial charge in [0, 0.05) is 12.1 Å². The van der Waals surface area contributed by atoms with Gasteiger partial charge in [0.2, 0.25) is 0 Å². The standard InChI is InChI=1S/C22H35NO/c1-2-3-4-5-6-13-18-21(24)22(19-14-9-7-10-15-19)23-20-16-11-8-12-17-20/h8,11-12,16-17,19,22-23H,2-7,9-10,13-15,18H2,1H3. The van der Waals surface area contributed by atoms with E-state index < -0.39 is 0 Å². The minimum absolute atomic E-state index is 0.0170. The zero-order valence-electron chi connectivity index (χ0n) is 15.4. The van der Waals surface area contributed by atoms with Crippen molar-refractivity contribution in [3.63, 3.8) is 0 Å². The van der Waals surface area contributed by atoms with Gasteiger partial charge in [0.15, 0.2) is 5.78 Å². The molecule has 1 atom stereocenters. The molecule has 24 heavy (non-hydrogen) atoms. The quantitative estimate of drug-likeness (QED) is 0.478. The van der Waals surface area contributed by atoms with Gasteiger partial charge in [0.1, 0.15) is 0 Å². The second-order valence-corrected chi connectivity index (χ2v) is 7.37. The molecule has 2 rings (SSSR count). The van der Waals surface area contributed by atoms with E-state index in [4.69, 9.17) is 0 Å². The molecule has 2 heteroatoms. The van der Waals surface area contributed by atoms with Crippen LogP contribution in [0.5, 0.6) is 0 Å². The number of para-hydroxylation sites is 1. The first-order valence-corrected chi connectivity index (χ1v) is 10.2. The van der Waals surface area contributed by atoms with E-state index in [1.165, 1.54) is 64.2 Å². The Bertz CT molecular complexity index is 450. The molecule has 0 aliphatic heterocycles. The molecule has 1 N–H and O–H groups in total. The number of carbonyl (C=O) groups excluding carboxylic acids is 1. The van der Waals surface area contributed by atoms with Crippen LogP contribution in [0, 0.1) is 5.92 Å². The van der Waals surface area contributed by atoms with E-state index in [9.17, 15) is 4.79 Å². The fraction of sp³-hybridized carbons (Fsp3) is 0.682. The van der Waals surface area contributed by atoms with Crippen LogP contribution in [0.15, 0.2) is 30.3 Å². The number of benzene rings is 1. The molecular weight excluding hydrogens is 294 g/mol. The minimum atomic E-state index is 0.0170. The van der Waals surface area contributed by atoms with Gasteiger partial charge in [0.05, 0.1) is 6.04 Å². The van der Waals surface area contributed by atoms with E-state index in [-0.39, 0.29) is 6.04 Å². The summed E-state index contributed by atoms with van der Waals surface area (Å²) < 4.78 is 0. The average molecular weight is 330 g/mol. The molecule has 0 spiro atoms. The van der Waals surface area contributed by atoms with E-state index in [2.05, 4.69) is 24.4 Å². The summed E-state index contributed by atoms with van der Waals surface area (Å²) in [6, 6.07) is 10.3. The SMILES string of the molecule is CCCCCCCCC(=O)C(Nc1ccccc1)C1CCCCC1. The molecule has 1 aromatic carbocycles. The van der Waals surface area contributed by atoms with Crippen LogP contribution in [-0.4, -0.2) is 11.8 Å². The number of unbranched alkanes of at least 4 members (excludes halogenated alkanes) is 5. The third-order valence-corrected chi connectivity index (χ3v) is 5.34. The van der Waals surface area contributed by atoms with Crippen molar-refractivity contribution >= 4 is 11.5 Å². The highest BCUT2D eigenvalue weighted by molar-refractivity contribution is 5.87. The molecule has 134 valence electrons. The molecule has 0 saturated heterocycles. The minimum Gasteiger partial charge on any atom is -0.375 e. The van der Waals surface area contributed by atoms with Crippen LogP contribution in [0.25, 0.3) is 0 Å².